The van der Waals surface area contributed by atoms with E-state index in [0.717, 1.165) is 63.1 Å². The molecule has 5 heteroatoms. The lowest BCUT2D eigenvalue weighted by molar-refractivity contribution is 0.0447. The fraction of sp³-hybridized carbons (Fsp3) is 0.611. The maximum atomic E-state index is 12.5. The van der Waals surface area contributed by atoms with E-state index < -0.39 is 0 Å². The number of hydrogen-bond acceptors (Lipinski definition) is 3. The molecule has 2 atom stereocenters. The van der Waals surface area contributed by atoms with Crippen LogP contribution in [-0.4, -0.2) is 59.3 Å². The molecule has 1 heterocycles. The Kier molecular flexibility index (Phi) is 5.18. The maximum absolute atomic E-state index is 12.5. The van der Waals surface area contributed by atoms with Gasteiger partial charge in [0, 0.05) is 37.9 Å². The summed E-state index contributed by atoms with van der Waals surface area (Å²) in [5.41, 5.74) is 2.07. The normalized spacial score (nSPS) is 25.6. The quantitative estimate of drug-likeness (QED) is 0.899. The fourth-order valence-electron chi connectivity index (χ4n) is 3.75. The number of amides is 2. The van der Waals surface area contributed by atoms with E-state index in [9.17, 15) is 9.90 Å². The molecule has 0 spiro atoms. The van der Waals surface area contributed by atoms with Crippen molar-refractivity contribution in [3.05, 3.63) is 29.8 Å². The van der Waals surface area contributed by atoms with Gasteiger partial charge in [-0.2, -0.15) is 0 Å². The zero-order valence-corrected chi connectivity index (χ0v) is 13.9. The summed E-state index contributed by atoms with van der Waals surface area (Å²) in [5, 5.41) is 13.1. The van der Waals surface area contributed by atoms with E-state index in [2.05, 4.69) is 23.2 Å². The number of carbonyl (C=O) groups is 1. The van der Waals surface area contributed by atoms with Gasteiger partial charge in [-0.3, -0.25) is 4.90 Å². The van der Waals surface area contributed by atoms with Crippen LogP contribution >= 0.6 is 0 Å². The first-order valence-electron chi connectivity index (χ1n) is 8.75. The highest BCUT2D eigenvalue weighted by Crippen LogP contribution is 2.25. The van der Waals surface area contributed by atoms with E-state index in [1.807, 2.05) is 23.1 Å². The van der Waals surface area contributed by atoms with E-state index in [1.54, 1.807) is 0 Å². The minimum absolute atomic E-state index is 0.0162. The molecule has 2 aliphatic rings. The van der Waals surface area contributed by atoms with Crippen LogP contribution in [0, 0.1) is 0 Å². The standard InChI is InChI=1S/C18H27N3O2/c1-2-14-6-3-4-7-15(14)19-18(23)21-12-10-20(11-13-21)16-8-5-9-17(16)22/h3-4,6-7,16-17,22H,2,5,8-13H2,1H3,(H,19,23). The number of rotatable bonds is 3. The number of carbonyl (C=O) groups excluding carboxylic acids is 1. The molecule has 3 rings (SSSR count). The van der Waals surface area contributed by atoms with Gasteiger partial charge in [0.1, 0.15) is 0 Å². The molecule has 0 aromatic heterocycles. The van der Waals surface area contributed by atoms with Crippen molar-refractivity contribution in [2.75, 3.05) is 31.5 Å². The Morgan fingerprint density at radius 2 is 1.96 bits per heavy atom. The minimum atomic E-state index is -0.188. The van der Waals surface area contributed by atoms with Crippen molar-refractivity contribution in [3.8, 4) is 0 Å². The van der Waals surface area contributed by atoms with Crippen LogP contribution < -0.4 is 5.32 Å². The summed E-state index contributed by atoms with van der Waals surface area (Å²) in [5.74, 6) is 0. The number of aliphatic hydroxyl groups is 1. The SMILES string of the molecule is CCc1ccccc1NC(=O)N1CCN(C2CCCC2O)CC1. The fourth-order valence-corrected chi connectivity index (χ4v) is 3.75. The summed E-state index contributed by atoms with van der Waals surface area (Å²) in [6, 6.07) is 8.24. The summed E-state index contributed by atoms with van der Waals surface area (Å²) >= 11 is 0. The third kappa shape index (κ3) is 3.67. The Hall–Kier alpha value is -1.59. The second-order valence-corrected chi connectivity index (χ2v) is 6.53. The first-order valence-corrected chi connectivity index (χ1v) is 8.75. The Bertz CT molecular complexity index is 541. The van der Waals surface area contributed by atoms with Crippen LogP contribution in [0.5, 0.6) is 0 Å². The number of aryl methyl sites for hydroxylation is 1. The molecule has 5 nitrogen and oxygen atoms in total. The van der Waals surface area contributed by atoms with Crippen LogP contribution in [0.4, 0.5) is 10.5 Å². The third-order valence-corrected chi connectivity index (χ3v) is 5.15. The largest absolute Gasteiger partial charge is 0.391 e. The molecular weight excluding hydrogens is 290 g/mol. The lowest BCUT2D eigenvalue weighted by atomic mass is 10.1. The number of urea groups is 1. The Labute approximate surface area is 138 Å². The summed E-state index contributed by atoms with van der Waals surface area (Å²) in [6.45, 7) is 5.25. The molecule has 1 saturated carbocycles. The lowest BCUT2D eigenvalue weighted by Crippen LogP contribution is -2.54. The highest BCUT2D eigenvalue weighted by atomic mass is 16.3. The predicted molar refractivity (Wildman–Crippen MR) is 91.6 cm³/mol. The van der Waals surface area contributed by atoms with Crippen molar-refractivity contribution in [2.45, 2.75) is 44.8 Å². The van der Waals surface area contributed by atoms with Gasteiger partial charge >= 0.3 is 6.03 Å². The molecular formula is C18H27N3O2. The van der Waals surface area contributed by atoms with Crippen LogP contribution in [0.3, 0.4) is 0 Å². The monoisotopic (exact) mass is 317 g/mol. The number of nitrogens with one attached hydrogen (secondary N) is 1. The molecule has 1 saturated heterocycles. The molecule has 2 N–H and O–H groups in total. The Balaban J connectivity index is 1.54. The topological polar surface area (TPSA) is 55.8 Å². The second kappa shape index (κ2) is 7.32. The number of hydrogen-bond donors (Lipinski definition) is 2. The number of aliphatic hydroxyl groups excluding tert-OH is 1. The lowest BCUT2D eigenvalue weighted by Gasteiger charge is -2.39. The van der Waals surface area contributed by atoms with E-state index in [1.165, 1.54) is 0 Å². The first kappa shape index (κ1) is 16.3. The molecule has 2 amide bonds. The van der Waals surface area contributed by atoms with Crippen molar-refractivity contribution in [3.63, 3.8) is 0 Å². The van der Waals surface area contributed by atoms with Crippen molar-refractivity contribution in [2.24, 2.45) is 0 Å². The summed E-state index contributed by atoms with van der Waals surface area (Å²) in [7, 11) is 0. The van der Waals surface area contributed by atoms with Crippen molar-refractivity contribution >= 4 is 11.7 Å². The van der Waals surface area contributed by atoms with Gasteiger partial charge in [0.25, 0.3) is 0 Å². The smallest absolute Gasteiger partial charge is 0.321 e. The molecule has 1 aliphatic carbocycles. The highest BCUT2D eigenvalue weighted by Gasteiger charge is 2.33. The van der Waals surface area contributed by atoms with Crippen LogP contribution in [0.15, 0.2) is 24.3 Å². The van der Waals surface area contributed by atoms with Gasteiger partial charge in [0.05, 0.1) is 6.10 Å². The predicted octanol–water partition coefficient (Wildman–Crippen LogP) is 2.31. The van der Waals surface area contributed by atoms with Gasteiger partial charge < -0.3 is 15.3 Å². The third-order valence-electron chi connectivity index (χ3n) is 5.15. The van der Waals surface area contributed by atoms with Gasteiger partial charge in [0.15, 0.2) is 0 Å². The molecule has 2 unspecified atom stereocenters. The Morgan fingerprint density at radius 3 is 2.61 bits per heavy atom. The second-order valence-electron chi connectivity index (χ2n) is 6.53. The molecule has 2 fully saturated rings. The zero-order valence-electron chi connectivity index (χ0n) is 13.9. The van der Waals surface area contributed by atoms with Crippen molar-refractivity contribution in [1.82, 2.24) is 9.80 Å². The molecule has 126 valence electrons. The first-order chi connectivity index (χ1) is 11.2. The molecule has 0 bridgehead atoms. The number of benzene rings is 1. The van der Waals surface area contributed by atoms with E-state index in [4.69, 9.17) is 0 Å². The number of anilines is 1. The molecule has 23 heavy (non-hydrogen) atoms. The molecule has 1 aromatic rings. The average molecular weight is 317 g/mol. The number of nitrogens with zero attached hydrogens (tertiary/aromatic N) is 2. The number of piperazine rings is 1. The maximum Gasteiger partial charge on any atom is 0.321 e. The highest BCUT2D eigenvalue weighted by molar-refractivity contribution is 5.90. The summed E-state index contributed by atoms with van der Waals surface area (Å²) in [6.07, 6.45) is 3.83. The molecule has 0 radical (unpaired) electrons. The van der Waals surface area contributed by atoms with Crippen LogP contribution in [0.2, 0.25) is 0 Å². The van der Waals surface area contributed by atoms with Crippen LogP contribution in [0.25, 0.3) is 0 Å². The van der Waals surface area contributed by atoms with Crippen molar-refractivity contribution < 1.29 is 9.90 Å². The van der Waals surface area contributed by atoms with Crippen LogP contribution in [-0.2, 0) is 6.42 Å². The van der Waals surface area contributed by atoms with Gasteiger partial charge in [-0.1, -0.05) is 25.1 Å². The van der Waals surface area contributed by atoms with Gasteiger partial charge in [-0.15, -0.1) is 0 Å². The van der Waals surface area contributed by atoms with E-state index >= 15 is 0 Å². The van der Waals surface area contributed by atoms with E-state index in [0.29, 0.717) is 6.04 Å². The van der Waals surface area contributed by atoms with Crippen molar-refractivity contribution in [1.29, 1.82) is 0 Å². The average Bonchev–Trinajstić information content (AvgIpc) is 3.01. The zero-order chi connectivity index (χ0) is 16.2. The number of para-hydroxylation sites is 1. The molecule has 1 aromatic carbocycles. The van der Waals surface area contributed by atoms with Crippen LogP contribution in [0.1, 0.15) is 31.7 Å². The summed E-state index contributed by atoms with van der Waals surface area (Å²) in [4.78, 5) is 16.7. The van der Waals surface area contributed by atoms with Gasteiger partial charge in [-0.25, -0.2) is 4.79 Å². The summed E-state index contributed by atoms with van der Waals surface area (Å²) < 4.78 is 0. The van der Waals surface area contributed by atoms with E-state index in [-0.39, 0.29) is 12.1 Å². The van der Waals surface area contributed by atoms with Gasteiger partial charge in [-0.05, 0) is 37.3 Å². The minimum Gasteiger partial charge on any atom is -0.391 e. The molecule has 1 aliphatic heterocycles. The van der Waals surface area contributed by atoms with Gasteiger partial charge in [0.2, 0.25) is 0 Å². The Morgan fingerprint density at radius 1 is 1.22 bits per heavy atom.